The summed E-state index contributed by atoms with van der Waals surface area (Å²) < 4.78 is 5.46. The van der Waals surface area contributed by atoms with Gasteiger partial charge in [-0.3, -0.25) is 4.98 Å². The molecule has 0 aliphatic heterocycles. The average molecular weight is 416 g/mol. The first-order valence-electron chi connectivity index (χ1n) is 10.4. The number of aliphatic carboxylic acids is 1. The maximum absolute atomic E-state index is 12.4. The minimum atomic E-state index is -1.07. The van der Waals surface area contributed by atoms with Gasteiger partial charge >= 0.3 is 12.1 Å². The fourth-order valence-electron chi connectivity index (χ4n) is 4.10. The summed E-state index contributed by atoms with van der Waals surface area (Å²) in [4.78, 5) is 28.0. The van der Waals surface area contributed by atoms with Crippen molar-refractivity contribution < 1.29 is 19.4 Å². The van der Waals surface area contributed by atoms with Crippen LogP contribution in [0.4, 0.5) is 4.79 Å². The summed E-state index contributed by atoms with van der Waals surface area (Å²) in [6.07, 6.45) is 4.37. The van der Waals surface area contributed by atoms with Gasteiger partial charge in [0.25, 0.3) is 0 Å². The number of nitrogens with zero attached hydrogens (tertiary/aromatic N) is 1. The molecule has 0 saturated carbocycles. The van der Waals surface area contributed by atoms with Gasteiger partial charge in [-0.05, 0) is 53.1 Å². The number of rotatable bonds is 8. The normalized spacial score (nSPS) is 13.2. The number of benzene rings is 2. The van der Waals surface area contributed by atoms with Gasteiger partial charge < -0.3 is 15.2 Å². The Kier molecular flexibility index (Phi) is 6.26. The van der Waals surface area contributed by atoms with Crippen LogP contribution in [-0.4, -0.2) is 34.8 Å². The number of aryl methyl sites for hydroxylation is 1. The number of amides is 1. The lowest BCUT2D eigenvalue weighted by atomic mass is 9.98. The Balaban J connectivity index is 1.34. The van der Waals surface area contributed by atoms with Gasteiger partial charge in [0, 0.05) is 18.3 Å². The van der Waals surface area contributed by atoms with Crippen LogP contribution in [0.1, 0.15) is 35.4 Å². The van der Waals surface area contributed by atoms with Crippen LogP contribution in [0.2, 0.25) is 0 Å². The van der Waals surface area contributed by atoms with E-state index in [0.717, 1.165) is 27.8 Å². The number of aromatic nitrogens is 1. The highest BCUT2D eigenvalue weighted by Crippen LogP contribution is 2.44. The van der Waals surface area contributed by atoms with Gasteiger partial charge in [0.15, 0.2) is 0 Å². The summed E-state index contributed by atoms with van der Waals surface area (Å²) in [6.45, 7) is 0.155. The molecule has 1 atom stereocenters. The van der Waals surface area contributed by atoms with E-state index in [1.54, 1.807) is 12.4 Å². The van der Waals surface area contributed by atoms with Crippen molar-refractivity contribution in [1.29, 1.82) is 0 Å². The molecular formula is C25H24N2O4. The SMILES string of the molecule is O=C(N[C@@H](CCCc1cccnc1)C(=O)O)OCC1c2ccccc2-c2ccccc21. The van der Waals surface area contributed by atoms with Crippen LogP contribution in [0, 0.1) is 0 Å². The Morgan fingerprint density at radius 1 is 1.00 bits per heavy atom. The second-order valence-corrected chi connectivity index (χ2v) is 7.61. The molecule has 0 unspecified atom stereocenters. The fourth-order valence-corrected chi connectivity index (χ4v) is 4.10. The van der Waals surface area contributed by atoms with E-state index < -0.39 is 18.1 Å². The molecule has 1 aromatic heterocycles. The molecule has 1 aliphatic carbocycles. The van der Waals surface area contributed by atoms with Crippen molar-refractivity contribution >= 4 is 12.1 Å². The van der Waals surface area contributed by atoms with Crippen LogP contribution in [0.5, 0.6) is 0 Å². The van der Waals surface area contributed by atoms with Crippen molar-refractivity contribution in [3.63, 3.8) is 0 Å². The lowest BCUT2D eigenvalue weighted by Crippen LogP contribution is -2.41. The number of fused-ring (bicyclic) bond motifs is 3. The van der Waals surface area contributed by atoms with E-state index in [1.807, 2.05) is 48.5 Å². The van der Waals surface area contributed by atoms with Crippen LogP contribution < -0.4 is 5.32 Å². The molecule has 3 aromatic rings. The minimum absolute atomic E-state index is 0.0630. The van der Waals surface area contributed by atoms with Crippen LogP contribution in [0.3, 0.4) is 0 Å². The monoisotopic (exact) mass is 416 g/mol. The number of pyridine rings is 1. The Morgan fingerprint density at radius 2 is 1.68 bits per heavy atom. The third-order valence-corrected chi connectivity index (χ3v) is 5.61. The summed E-state index contributed by atoms with van der Waals surface area (Å²) >= 11 is 0. The Morgan fingerprint density at radius 3 is 2.29 bits per heavy atom. The third kappa shape index (κ3) is 4.74. The van der Waals surface area contributed by atoms with Gasteiger partial charge in [-0.1, -0.05) is 54.6 Å². The quantitative estimate of drug-likeness (QED) is 0.568. The first kappa shape index (κ1) is 20.6. The van der Waals surface area contributed by atoms with Gasteiger partial charge in [0.2, 0.25) is 0 Å². The van der Waals surface area contributed by atoms with Crippen LogP contribution in [0.15, 0.2) is 73.1 Å². The number of carbonyl (C=O) groups excluding carboxylic acids is 1. The highest BCUT2D eigenvalue weighted by Gasteiger charge is 2.29. The maximum atomic E-state index is 12.4. The van der Waals surface area contributed by atoms with E-state index in [2.05, 4.69) is 22.4 Å². The van der Waals surface area contributed by atoms with E-state index >= 15 is 0 Å². The zero-order valence-electron chi connectivity index (χ0n) is 17.0. The van der Waals surface area contributed by atoms with E-state index in [1.165, 1.54) is 0 Å². The highest BCUT2D eigenvalue weighted by molar-refractivity contribution is 5.81. The topological polar surface area (TPSA) is 88.5 Å². The second-order valence-electron chi connectivity index (χ2n) is 7.61. The van der Waals surface area contributed by atoms with E-state index in [4.69, 9.17) is 4.74 Å². The summed E-state index contributed by atoms with van der Waals surface area (Å²) in [5.41, 5.74) is 5.55. The molecule has 1 aliphatic rings. The number of nitrogens with one attached hydrogen (secondary N) is 1. The van der Waals surface area contributed by atoms with Gasteiger partial charge in [0.1, 0.15) is 12.6 Å². The Hall–Kier alpha value is -3.67. The molecule has 31 heavy (non-hydrogen) atoms. The zero-order valence-corrected chi connectivity index (χ0v) is 17.0. The Bertz CT molecular complexity index is 1020. The molecule has 6 nitrogen and oxygen atoms in total. The number of carboxylic acid groups (broad SMARTS) is 1. The van der Waals surface area contributed by atoms with Crippen molar-refractivity contribution in [1.82, 2.24) is 10.3 Å². The number of ether oxygens (including phenoxy) is 1. The van der Waals surface area contributed by atoms with Crippen LogP contribution in [-0.2, 0) is 16.0 Å². The summed E-state index contributed by atoms with van der Waals surface area (Å²) in [6, 6.07) is 18.9. The number of carbonyl (C=O) groups is 2. The molecule has 0 bridgehead atoms. The van der Waals surface area contributed by atoms with Crippen LogP contribution >= 0.6 is 0 Å². The largest absolute Gasteiger partial charge is 0.480 e. The van der Waals surface area contributed by atoms with E-state index in [-0.39, 0.29) is 12.5 Å². The van der Waals surface area contributed by atoms with E-state index in [0.29, 0.717) is 19.3 Å². The molecule has 158 valence electrons. The van der Waals surface area contributed by atoms with Crippen molar-refractivity contribution in [2.24, 2.45) is 0 Å². The summed E-state index contributed by atoms with van der Waals surface area (Å²) in [5, 5.41) is 12.0. The standard InChI is InChI=1S/C25H24N2O4/c28-24(29)23(13-5-7-17-8-6-14-26-15-17)27-25(30)31-16-22-20-11-3-1-9-18(20)19-10-2-4-12-21(19)22/h1-4,6,8-12,14-15,22-23H,5,7,13,16H2,(H,27,30)(H,28,29)/t23-/m0/s1. The third-order valence-electron chi connectivity index (χ3n) is 5.61. The molecule has 1 amide bonds. The second kappa shape index (κ2) is 9.43. The molecule has 0 radical (unpaired) electrons. The molecule has 4 rings (SSSR count). The summed E-state index contributed by atoms with van der Waals surface area (Å²) in [5.74, 6) is -1.13. The molecule has 2 N–H and O–H groups in total. The molecule has 6 heteroatoms. The number of hydrogen-bond acceptors (Lipinski definition) is 4. The molecular weight excluding hydrogens is 392 g/mol. The first-order valence-corrected chi connectivity index (χ1v) is 10.4. The van der Waals surface area contributed by atoms with Gasteiger partial charge in [-0.15, -0.1) is 0 Å². The van der Waals surface area contributed by atoms with Crippen LogP contribution in [0.25, 0.3) is 11.1 Å². The van der Waals surface area contributed by atoms with Gasteiger partial charge in [0.05, 0.1) is 0 Å². The number of alkyl carbamates (subject to hydrolysis) is 1. The van der Waals surface area contributed by atoms with Crippen molar-refractivity contribution in [2.45, 2.75) is 31.2 Å². The lowest BCUT2D eigenvalue weighted by Gasteiger charge is -2.17. The predicted molar refractivity (Wildman–Crippen MR) is 117 cm³/mol. The Labute approximate surface area is 180 Å². The first-order chi connectivity index (χ1) is 15.1. The fraction of sp³-hybridized carbons (Fsp3) is 0.240. The van der Waals surface area contributed by atoms with Crippen molar-refractivity contribution in [3.05, 3.63) is 89.7 Å². The predicted octanol–water partition coefficient (Wildman–Crippen LogP) is 4.40. The lowest BCUT2D eigenvalue weighted by molar-refractivity contribution is -0.139. The molecule has 0 fully saturated rings. The van der Waals surface area contributed by atoms with Gasteiger partial charge in [-0.2, -0.15) is 0 Å². The molecule has 1 heterocycles. The molecule has 0 saturated heterocycles. The smallest absolute Gasteiger partial charge is 0.407 e. The van der Waals surface area contributed by atoms with Gasteiger partial charge in [-0.25, -0.2) is 9.59 Å². The van der Waals surface area contributed by atoms with E-state index in [9.17, 15) is 14.7 Å². The highest BCUT2D eigenvalue weighted by atomic mass is 16.5. The minimum Gasteiger partial charge on any atom is -0.480 e. The van der Waals surface area contributed by atoms with Crippen molar-refractivity contribution in [3.8, 4) is 11.1 Å². The molecule has 2 aromatic carbocycles. The molecule has 0 spiro atoms. The zero-order chi connectivity index (χ0) is 21.6. The average Bonchev–Trinajstić information content (AvgIpc) is 3.11. The van der Waals surface area contributed by atoms with Crippen molar-refractivity contribution in [2.75, 3.05) is 6.61 Å². The number of carboxylic acids is 1. The number of hydrogen-bond donors (Lipinski definition) is 2. The maximum Gasteiger partial charge on any atom is 0.407 e. The summed E-state index contributed by atoms with van der Waals surface area (Å²) in [7, 11) is 0.